The van der Waals surface area contributed by atoms with Crippen molar-refractivity contribution < 1.29 is 13.2 Å². The molecule has 3 aromatic rings. The molecular formula is C18H12F3InS3. The summed E-state index contributed by atoms with van der Waals surface area (Å²) in [7, 11) is 0. The first-order valence-corrected chi connectivity index (χ1v) is 7.87. The van der Waals surface area contributed by atoms with Gasteiger partial charge < -0.3 is 37.9 Å². The van der Waals surface area contributed by atoms with Gasteiger partial charge in [0.05, 0.1) is 0 Å². The summed E-state index contributed by atoms with van der Waals surface area (Å²) < 4.78 is 36.1. The van der Waals surface area contributed by atoms with E-state index in [1.54, 1.807) is 36.4 Å². The van der Waals surface area contributed by atoms with Crippen LogP contribution in [0.15, 0.2) is 87.5 Å². The quantitative estimate of drug-likeness (QED) is 0.410. The predicted molar refractivity (Wildman–Crippen MR) is 102 cm³/mol. The summed E-state index contributed by atoms with van der Waals surface area (Å²) in [6.07, 6.45) is 0. The first-order chi connectivity index (χ1) is 11.4. The van der Waals surface area contributed by atoms with Crippen molar-refractivity contribution >= 4 is 63.7 Å². The van der Waals surface area contributed by atoms with Crippen molar-refractivity contribution in [3.63, 3.8) is 0 Å². The van der Waals surface area contributed by atoms with E-state index in [9.17, 15) is 13.2 Å². The van der Waals surface area contributed by atoms with E-state index in [4.69, 9.17) is 37.9 Å². The Morgan fingerprint density at radius 3 is 0.680 bits per heavy atom. The van der Waals surface area contributed by atoms with Gasteiger partial charge in [0.2, 0.25) is 0 Å². The van der Waals surface area contributed by atoms with Crippen LogP contribution in [0.2, 0.25) is 0 Å². The topological polar surface area (TPSA) is 0 Å². The first kappa shape index (κ1) is 24.0. The Labute approximate surface area is 180 Å². The third-order valence-electron chi connectivity index (χ3n) is 2.44. The van der Waals surface area contributed by atoms with Gasteiger partial charge in [0.15, 0.2) is 0 Å². The van der Waals surface area contributed by atoms with Gasteiger partial charge in [-0.2, -0.15) is 14.7 Å². The van der Waals surface area contributed by atoms with Crippen molar-refractivity contribution in [3.8, 4) is 0 Å². The van der Waals surface area contributed by atoms with E-state index < -0.39 is 0 Å². The molecule has 0 aromatic heterocycles. The maximum Gasteiger partial charge on any atom is 3.00 e. The van der Waals surface area contributed by atoms with E-state index >= 15 is 0 Å². The van der Waals surface area contributed by atoms with Crippen molar-refractivity contribution in [2.75, 3.05) is 0 Å². The molecule has 0 spiro atoms. The van der Waals surface area contributed by atoms with Crippen LogP contribution < -0.4 is 0 Å². The third kappa shape index (κ3) is 12.0. The molecule has 3 aromatic carbocycles. The fourth-order valence-electron chi connectivity index (χ4n) is 1.30. The largest absolute Gasteiger partial charge is 3.00 e. The van der Waals surface area contributed by atoms with E-state index in [0.29, 0.717) is 14.7 Å². The SMILES string of the molecule is Fc1ccc([S-])cc1.Fc1ccc([S-])cc1.Fc1ccc([S-])cc1.[In+3]. The van der Waals surface area contributed by atoms with Gasteiger partial charge >= 0.3 is 25.8 Å². The number of benzene rings is 3. The first-order valence-electron chi connectivity index (χ1n) is 6.64. The second-order valence-corrected chi connectivity index (χ2v) is 5.78. The maximum absolute atomic E-state index is 12.0. The molecule has 0 aliphatic carbocycles. The monoisotopic (exact) mass is 496 g/mol. The smallest absolute Gasteiger partial charge is 0.780 e. The molecule has 0 unspecified atom stereocenters. The van der Waals surface area contributed by atoms with Crippen molar-refractivity contribution in [2.45, 2.75) is 14.7 Å². The van der Waals surface area contributed by atoms with E-state index in [-0.39, 0.29) is 43.3 Å². The van der Waals surface area contributed by atoms with Crippen molar-refractivity contribution in [3.05, 3.63) is 90.2 Å². The van der Waals surface area contributed by atoms with Crippen LogP contribution in [-0.2, 0) is 37.9 Å². The molecule has 7 heteroatoms. The minimum absolute atomic E-state index is 0. The van der Waals surface area contributed by atoms with Crippen LogP contribution >= 0.6 is 0 Å². The standard InChI is InChI=1S/3C6H5FS.In/c3*7-5-1-3-6(8)4-2-5;/h3*1-4,8H;/q;;;+3/p-3. The molecule has 0 saturated carbocycles. The number of rotatable bonds is 0. The summed E-state index contributed by atoms with van der Waals surface area (Å²) >= 11 is 14.1. The molecule has 0 atom stereocenters. The average molecular weight is 496 g/mol. The summed E-state index contributed by atoms with van der Waals surface area (Å²) in [6.45, 7) is 0. The molecular weight excluding hydrogens is 484 g/mol. The summed E-state index contributed by atoms with van der Waals surface area (Å²) in [6, 6.07) is 17.5. The zero-order valence-corrected chi connectivity index (χ0v) is 18.6. The van der Waals surface area contributed by atoms with Gasteiger partial charge in [-0.1, -0.05) is 36.4 Å². The number of halogens is 3. The van der Waals surface area contributed by atoms with Crippen LogP contribution in [0.4, 0.5) is 13.2 Å². The van der Waals surface area contributed by atoms with Crippen molar-refractivity contribution in [2.24, 2.45) is 0 Å². The van der Waals surface area contributed by atoms with Crippen LogP contribution in [0.3, 0.4) is 0 Å². The Hall–Kier alpha value is -1.02. The summed E-state index contributed by atoms with van der Waals surface area (Å²) in [5.41, 5.74) is 0. The Morgan fingerprint density at radius 2 is 0.560 bits per heavy atom. The minimum atomic E-state index is -0.237. The van der Waals surface area contributed by atoms with Crippen LogP contribution in [0.1, 0.15) is 0 Å². The van der Waals surface area contributed by atoms with Gasteiger partial charge in [0.1, 0.15) is 17.5 Å². The molecule has 126 valence electrons. The molecule has 0 saturated heterocycles. The molecule has 0 amide bonds. The van der Waals surface area contributed by atoms with E-state index in [1.807, 2.05) is 0 Å². The van der Waals surface area contributed by atoms with Gasteiger partial charge in [-0.05, 0) is 36.4 Å². The molecule has 3 rings (SSSR count). The Bertz CT molecular complexity index is 552. The van der Waals surface area contributed by atoms with Gasteiger partial charge in [-0.3, -0.25) is 0 Å². The molecule has 25 heavy (non-hydrogen) atoms. The average Bonchev–Trinajstić information content (AvgIpc) is 2.57. The van der Waals surface area contributed by atoms with E-state index in [1.165, 1.54) is 36.4 Å². The zero-order chi connectivity index (χ0) is 17.9. The summed E-state index contributed by atoms with van der Waals surface area (Å²) in [5, 5.41) is 0. The third-order valence-corrected chi connectivity index (χ3v) is 3.26. The Kier molecular flexibility index (Phi) is 12.7. The fourth-order valence-corrected chi connectivity index (χ4v) is 1.71. The predicted octanol–water partition coefficient (Wildman–Crippen LogP) is 4.81. The molecule has 0 fully saturated rings. The molecule has 0 heterocycles. The second kappa shape index (κ2) is 13.2. The summed E-state index contributed by atoms with van der Waals surface area (Å²) in [5.74, 6) is -0.712. The second-order valence-electron chi connectivity index (χ2n) is 4.36. The molecule has 0 nitrogen and oxygen atoms in total. The minimum Gasteiger partial charge on any atom is -0.780 e. The normalized spacial score (nSPS) is 8.76. The van der Waals surface area contributed by atoms with Gasteiger partial charge in [-0.15, -0.1) is 0 Å². The Balaban J connectivity index is 0.000000339. The molecule has 0 aliphatic rings. The number of hydrogen-bond donors (Lipinski definition) is 0. The van der Waals surface area contributed by atoms with Gasteiger partial charge in [0.25, 0.3) is 0 Å². The molecule has 0 radical (unpaired) electrons. The van der Waals surface area contributed by atoms with Crippen LogP contribution in [0.25, 0.3) is 0 Å². The van der Waals surface area contributed by atoms with E-state index in [2.05, 4.69) is 0 Å². The van der Waals surface area contributed by atoms with Gasteiger partial charge in [-0.25, -0.2) is 13.2 Å². The van der Waals surface area contributed by atoms with Crippen LogP contribution in [-0.4, -0.2) is 25.8 Å². The van der Waals surface area contributed by atoms with Crippen LogP contribution in [0.5, 0.6) is 0 Å². The zero-order valence-electron chi connectivity index (χ0n) is 12.9. The molecule has 0 bridgehead atoms. The molecule has 0 aliphatic heterocycles. The van der Waals surface area contributed by atoms with Crippen molar-refractivity contribution in [1.29, 1.82) is 0 Å². The van der Waals surface area contributed by atoms with Gasteiger partial charge in [0, 0.05) is 0 Å². The maximum atomic E-state index is 12.0. The fraction of sp³-hybridized carbons (Fsp3) is 0. The molecule has 0 N–H and O–H groups in total. The Morgan fingerprint density at radius 1 is 0.400 bits per heavy atom. The van der Waals surface area contributed by atoms with Crippen molar-refractivity contribution in [1.82, 2.24) is 0 Å². The number of hydrogen-bond acceptors (Lipinski definition) is 3. The van der Waals surface area contributed by atoms with E-state index in [0.717, 1.165) is 0 Å². The van der Waals surface area contributed by atoms with Crippen LogP contribution in [0, 0.1) is 17.5 Å². The summed E-state index contributed by atoms with van der Waals surface area (Å²) in [4.78, 5) is 2.02.